The Bertz CT molecular complexity index is 529. The van der Waals surface area contributed by atoms with Crippen LogP contribution in [0, 0.1) is 0 Å². The highest BCUT2D eigenvalue weighted by Gasteiger charge is 2.22. The predicted octanol–water partition coefficient (Wildman–Crippen LogP) is 1.64. The summed E-state index contributed by atoms with van der Waals surface area (Å²) in [7, 11) is -1.72. The van der Waals surface area contributed by atoms with E-state index in [2.05, 4.69) is 5.32 Å². The molecule has 1 aromatic rings. The van der Waals surface area contributed by atoms with Gasteiger partial charge in [0.25, 0.3) is 0 Å². The fraction of sp³-hybridized carbons (Fsp3) is 0.500. The van der Waals surface area contributed by atoms with Crippen molar-refractivity contribution < 1.29 is 8.42 Å². The zero-order chi connectivity index (χ0) is 13.2. The quantitative estimate of drug-likeness (QED) is 0.894. The van der Waals surface area contributed by atoms with E-state index in [-0.39, 0.29) is 0 Å². The van der Waals surface area contributed by atoms with Gasteiger partial charge in [0, 0.05) is 31.6 Å². The number of sulfonamides is 1. The molecule has 0 fully saturated rings. The second-order valence-electron chi connectivity index (χ2n) is 4.32. The Balaban J connectivity index is 2.24. The van der Waals surface area contributed by atoms with Crippen molar-refractivity contribution in [1.82, 2.24) is 4.31 Å². The highest BCUT2D eigenvalue weighted by molar-refractivity contribution is 7.98. The number of rotatable bonds is 5. The fourth-order valence-electron chi connectivity index (χ4n) is 1.95. The number of nitrogens with one attached hydrogen (secondary N) is 1. The van der Waals surface area contributed by atoms with E-state index in [4.69, 9.17) is 0 Å². The van der Waals surface area contributed by atoms with Crippen molar-refractivity contribution in [2.75, 3.05) is 37.5 Å². The minimum absolute atomic E-state index is 0.374. The molecule has 0 bridgehead atoms. The molecule has 0 saturated carbocycles. The van der Waals surface area contributed by atoms with Crippen molar-refractivity contribution in [2.45, 2.75) is 11.3 Å². The molecule has 0 amide bonds. The second-order valence-corrected chi connectivity index (χ2v) is 7.35. The monoisotopic (exact) mass is 286 g/mol. The maximum atomic E-state index is 12.3. The maximum absolute atomic E-state index is 12.3. The molecule has 1 aromatic carbocycles. The molecule has 2 rings (SSSR count). The van der Waals surface area contributed by atoms with E-state index in [1.165, 1.54) is 9.87 Å². The van der Waals surface area contributed by atoms with Gasteiger partial charge in [0.2, 0.25) is 10.0 Å². The number of thioether (sulfide) groups is 1. The van der Waals surface area contributed by atoms with Crippen molar-refractivity contribution >= 4 is 27.5 Å². The van der Waals surface area contributed by atoms with E-state index < -0.39 is 10.0 Å². The maximum Gasteiger partial charge on any atom is 0.242 e. The molecule has 1 heterocycles. The summed E-state index contributed by atoms with van der Waals surface area (Å²) in [5.74, 6) is 0.804. The summed E-state index contributed by atoms with van der Waals surface area (Å²) in [4.78, 5) is 0.374. The molecule has 100 valence electrons. The molecule has 0 saturated heterocycles. The zero-order valence-electron chi connectivity index (χ0n) is 10.6. The summed E-state index contributed by atoms with van der Waals surface area (Å²) in [6.45, 7) is 1.43. The van der Waals surface area contributed by atoms with Gasteiger partial charge >= 0.3 is 0 Å². The average molecular weight is 286 g/mol. The van der Waals surface area contributed by atoms with Crippen molar-refractivity contribution in [1.29, 1.82) is 0 Å². The molecule has 0 unspecified atom stereocenters. The first kappa shape index (κ1) is 13.7. The molecule has 1 aliphatic rings. The summed E-state index contributed by atoms with van der Waals surface area (Å²) >= 11 is 1.64. The Morgan fingerprint density at radius 2 is 2.22 bits per heavy atom. The van der Waals surface area contributed by atoms with Crippen LogP contribution in [0.5, 0.6) is 0 Å². The van der Waals surface area contributed by atoms with E-state index in [0.717, 1.165) is 24.4 Å². The van der Waals surface area contributed by atoms with Crippen molar-refractivity contribution in [3.8, 4) is 0 Å². The van der Waals surface area contributed by atoms with E-state index >= 15 is 0 Å². The van der Waals surface area contributed by atoms with Crippen LogP contribution in [0.4, 0.5) is 5.69 Å². The topological polar surface area (TPSA) is 49.4 Å². The molecular formula is C12H18N2O2S2. The first-order chi connectivity index (χ1) is 8.55. The van der Waals surface area contributed by atoms with Gasteiger partial charge in [-0.15, -0.1) is 0 Å². The van der Waals surface area contributed by atoms with Crippen LogP contribution in [0.15, 0.2) is 23.1 Å². The number of anilines is 1. The van der Waals surface area contributed by atoms with Crippen LogP contribution in [0.3, 0.4) is 0 Å². The molecule has 0 spiro atoms. The molecule has 4 nitrogen and oxygen atoms in total. The minimum Gasteiger partial charge on any atom is -0.384 e. The van der Waals surface area contributed by atoms with E-state index in [1.54, 1.807) is 30.9 Å². The molecule has 18 heavy (non-hydrogen) atoms. The van der Waals surface area contributed by atoms with Gasteiger partial charge in [-0.3, -0.25) is 0 Å². The molecule has 0 radical (unpaired) electrons. The SMILES string of the molecule is CSCCN(C)S(=O)(=O)c1ccc2c(c1)NCC2. The van der Waals surface area contributed by atoms with Crippen LogP contribution in [-0.2, 0) is 16.4 Å². The third-order valence-electron chi connectivity index (χ3n) is 3.11. The predicted molar refractivity (Wildman–Crippen MR) is 76.8 cm³/mol. The van der Waals surface area contributed by atoms with Gasteiger partial charge in [0.05, 0.1) is 4.90 Å². The van der Waals surface area contributed by atoms with Gasteiger partial charge < -0.3 is 5.32 Å². The van der Waals surface area contributed by atoms with Crippen molar-refractivity contribution in [3.63, 3.8) is 0 Å². The van der Waals surface area contributed by atoms with Gasteiger partial charge in [-0.05, 0) is 30.4 Å². The third kappa shape index (κ3) is 2.65. The fourth-order valence-corrected chi connectivity index (χ4v) is 3.72. The normalized spacial score (nSPS) is 14.6. The van der Waals surface area contributed by atoms with Crippen molar-refractivity contribution in [3.05, 3.63) is 23.8 Å². The lowest BCUT2D eigenvalue weighted by molar-refractivity contribution is 0.488. The van der Waals surface area contributed by atoms with Crippen LogP contribution in [0.2, 0.25) is 0 Å². The van der Waals surface area contributed by atoms with Gasteiger partial charge in [0.1, 0.15) is 0 Å². The number of hydrogen-bond donors (Lipinski definition) is 1. The van der Waals surface area contributed by atoms with Crippen LogP contribution in [0.1, 0.15) is 5.56 Å². The Hall–Kier alpha value is -0.720. The number of benzene rings is 1. The zero-order valence-corrected chi connectivity index (χ0v) is 12.3. The Kier molecular flexibility index (Phi) is 4.19. The van der Waals surface area contributed by atoms with Crippen LogP contribution < -0.4 is 5.32 Å². The van der Waals surface area contributed by atoms with Gasteiger partial charge in [-0.2, -0.15) is 11.8 Å². The average Bonchev–Trinajstić information content (AvgIpc) is 2.82. The van der Waals surface area contributed by atoms with E-state index in [9.17, 15) is 8.42 Å². The first-order valence-electron chi connectivity index (χ1n) is 5.88. The van der Waals surface area contributed by atoms with Crippen LogP contribution >= 0.6 is 11.8 Å². The molecule has 1 aliphatic heterocycles. The smallest absolute Gasteiger partial charge is 0.242 e. The van der Waals surface area contributed by atoms with Crippen LogP contribution in [-0.4, -0.2) is 44.9 Å². The molecule has 0 aromatic heterocycles. The van der Waals surface area contributed by atoms with Gasteiger partial charge in [-0.25, -0.2) is 12.7 Å². The molecule has 1 N–H and O–H groups in total. The largest absolute Gasteiger partial charge is 0.384 e. The lowest BCUT2D eigenvalue weighted by Crippen LogP contribution is -2.29. The van der Waals surface area contributed by atoms with Crippen LogP contribution in [0.25, 0.3) is 0 Å². The highest BCUT2D eigenvalue weighted by Crippen LogP contribution is 2.26. The molecular weight excluding hydrogens is 268 g/mol. The second kappa shape index (κ2) is 5.50. The molecule has 6 heteroatoms. The number of hydrogen-bond acceptors (Lipinski definition) is 4. The number of fused-ring (bicyclic) bond motifs is 1. The summed E-state index contributed by atoms with van der Waals surface area (Å²) in [6, 6.07) is 5.36. The van der Waals surface area contributed by atoms with E-state index in [1.807, 2.05) is 12.3 Å². The lowest BCUT2D eigenvalue weighted by Gasteiger charge is -2.17. The summed E-state index contributed by atoms with van der Waals surface area (Å²) in [6.07, 6.45) is 2.94. The Morgan fingerprint density at radius 1 is 1.44 bits per heavy atom. The van der Waals surface area contributed by atoms with E-state index in [0.29, 0.717) is 11.4 Å². The Labute approximate surface area is 113 Å². The summed E-state index contributed by atoms with van der Waals surface area (Å²) in [5, 5.41) is 3.21. The first-order valence-corrected chi connectivity index (χ1v) is 8.71. The molecule has 0 atom stereocenters. The third-order valence-corrected chi connectivity index (χ3v) is 5.55. The summed E-state index contributed by atoms with van der Waals surface area (Å²) < 4.78 is 26.1. The lowest BCUT2D eigenvalue weighted by atomic mass is 10.2. The standard InChI is InChI=1S/C12H18N2O2S2/c1-14(7-8-17-2)18(15,16)11-4-3-10-5-6-13-12(10)9-11/h3-4,9,13H,5-8H2,1-2H3. The summed E-state index contributed by atoms with van der Waals surface area (Å²) in [5.41, 5.74) is 2.15. The highest BCUT2D eigenvalue weighted by atomic mass is 32.2. The van der Waals surface area contributed by atoms with Gasteiger partial charge in [0.15, 0.2) is 0 Å². The van der Waals surface area contributed by atoms with Crippen molar-refractivity contribution in [2.24, 2.45) is 0 Å². The number of nitrogens with zero attached hydrogens (tertiary/aromatic N) is 1. The van der Waals surface area contributed by atoms with Gasteiger partial charge in [-0.1, -0.05) is 6.07 Å². The minimum atomic E-state index is -3.35. The molecule has 0 aliphatic carbocycles. The Morgan fingerprint density at radius 3 is 2.94 bits per heavy atom.